The molecule has 0 aliphatic rings. The van der Waals surface area contributed by atoms with Crippen LogP contribution in [-0.2, 0) is 16.1 Å². The van der Waals surface area contributed by atoms with Crippen molar-refractivity contribution in [2.45, 2.75) is 6.61 Å². The summed E-state index contributed by atoms with van der Waals surface area (Å²) in [6.07, 6.45) is 0. The minimum Gasteiger partial charge on any atom is -0.463 e. The summed E-state index contributed by atoms with van der Waals surface area (Å²) in [6.45, 7) is 0.0278. The van der Waals surface area contributed by atoms with E-state index in [1.165, 1.54) is 32.4 Å². The zero-order valence-electron chi connectivity index (χ0n) is 10.8. The number of ether oxygens (including phenoxy) is 2. The van der Waals surface area contributed by atoms with Crippen LogP contribution in [-0.4, -0.2) is 25.2 Å². The summed E-state index contributed by atoms with van der Waals surface area (Å²) in [4.78, 5) is 15.6. The molecule has 5 nitrogen and oxygen atoms in total. The molecule has 0 fully saturated rings. The molecule has 7 heteroatoms. The number of hydrogen-bond donors (Lipinski definition) is 0. The average molecular weight is 300 g/mol. The van der Waals surface area contributed by atoms with E-state index in [-0.39, 0.29) is 34.5 Å². The number of carbonyl (C=O) groups is 1. The number of oxazole rings is 1. The quantitative estimate of drug-likeness (QED) is 0.812. The van der Waals surface area contributed by atoms with Gasteiger partial charge < -0.3 is 13.9 Å². The maximum Gasteiger partial charge on any atom is 0.376 e. The highest BCUT2D eigenvalue weighted by Crippen LogP contribution is 2.31. The molecule has 0 bridgehead atoms. The fourth-order valence-corrected chi connectivity index (χ4v) is 1.89. The Kier molecular flexibility index (Phi) is 4.36. The number of esters is 1. The van der Waals surface area contributed by atoms with Crippen LogP contribution in [0.1, 0.15) is 16.2 Å². The normalized spacial score (nSPS) is 10.6. The molecule has 106 valence electrons. The van der Waals surface area contributed by atoms with Crippen LogP contribution in [0, 0.1) is 5.82 Å². The molecule has 0 atom stereocenters. The average Bonchev–Trinajstić information content (AvgIpc) is 2.82. The zero-order chi connectivity index (χ0) is 14.7. The lowest BCUT2D eigenvalue weighted by Crippen LogP contribution is -2.04. The molecule has 1 aromatic heterocycles. The molecule has 0 unspecified atom stereocenters. The van der Waals surface area contributed by atoms with Gasteiger partial charge >= 0.3 is 5.97 Å². The number of rotatable bonds is 4. The molecule has 0 radical (unpaired) electrons. The molecule has 0 amide bonds. The van der Waals surface area contributed by atoms with Gasteiger partial charge in [-0.25, -0.2) is 14.2 Å². The van der Waals surface area contributed by atoms with Crippen molar-refractivity contribution in [2.75, 3.05) is 14.2 Å². The standard InChI is InChI=1S/C13H11ClFNO4/c1-18-6-9-11(13(17)19-2)20-12(16-9)10-7(14)4-3-5-8(10)15/h3-5H,6H2,1-2H3. The van der Waals surface area contributed by atoms with Gasteiger partial charge in [-0.05, 0) is 12.1 Å². The van der Waals surface area contributed by atoms with Gasteiger partial charge in [0.2, 0.25) is 11.7 Å². The summed E-state index contributed by atoms with van der Waals surface area (Å²) < 4.78 is 28.6. The van der Waals surface area contributed by atoms with Crippen molar-refractivity contribution in [1.82, 2.24) is 4.98 Å². The second kappa shape index (κ2) is 6.02. The molecule has 20 heavy (non-hydrogen) atoms. The van der Waals surface area contributed by atoms with E-state index in [2.05, 4.69) is 9.72 Å². The molecule has 2 rings (SSSR count). The molecule has 1 heterocycles. The Morgan fingerprint density at radius 2 is 2.20 bits per heavy atom. The lowest BCUT2D eigenvalue weighted by Gasteiger charge is -2.00. The molecule has 0 saturated carbocycles. The highest BCUT2D eigenvalue weighted by molar-refractivity contribution is 6.33. The number of halogens is 2. The summed E-state index contributed by atoms with van der Waals surface area (Å²) in [5.41, 5.74) is 0.204. The van der Waals surface area contributed by atoms with Crippen LogP contribution in [0.25, 0.3) is 11.5 Å². The van der Waals surface area contributed by atoms with Crippen molar-refractivity contribution in [3.63, 3.8) is 0 Å². The van der Waals surface area contributed by atoms with E-state index in [9.17, 15) is 9.18 Å². The number of aromatic nitrogens is 1. The van der Waals surface area contributed by atoms with E-state index in [4.69, 9.17) is 20.8 Å². The van der Waals surface area contributed by atoms with Crippen LogP contribution in [0.15, 0.2) is 22.6 Å². The van der Waals surface area contributed by atoms with Gasteiger partial charge in [0.25, 0.3) is 0 Å². The molecule has 0 N–H and O–H groups in total. The smallest absolute Gasteiger partial charge is 0.376 e. The number of hydrogen-bond acceptors (Lipinski definition) is 5. The first-order chi connectivity index (χ1) is 9.58. The third-order valence-corrected chi connectivity index (χ3v) is 2.84. The fraction of sp³-hybridized carbons (Fsp3) is 0.231. The van der Waals surface area contributed by atoms with E-state index in [0.29, 0.717) is 0 Å². The Bertz CT molecular complexity index is 621. The summed E-state index contributed by atoms with van der Waals surface area (Å²) in [6, 6.07) is 4.18. The van der Waals surface area contributed by atoms with Gasteiger partial charge in [-0.1, -0.05) is 17.7 Å². The maximum absolute atomic E-state index is 13.8. The Morgan fingerprint density at radius 1 is 1.45 bits per heavy atom. The van der Waals surface area contributed by atoms with E-state index in [0.717, 1.165) is 0 Å². The first kappa shape index (κ1) is 14.5. The largest absolute Gasteiger partial charge is 0.463 e. The van der Waals surface area contributed by atoms with Crippen molar-refractivity contribution in [3.8, 4) is 11.5 Å². The Hall–Kier alpha value is -1.92. The molecule has 2 aromatic rings. The molecule has 0 aliphatic carbocycles. The van der Waals surface area contributed by atoms with E-state index in [1.807, 2.05) is 0 Å². The van der Waals surface area contributed by atoms with Crippen LogP contribution in [0.4, 0.5) is 4.39 Å². The number of carbonyl (C=O) groups excluding carboxylic acids is 1. The van der Waals surface area contributed by atoms with Gasteiger partial charge in [0.15, 0.2) is 0 Å². The molecular weight excluding hydrogens is 289 g/mol. The third-order valence-electron chi connectivity index (χ3n) is 2.53. The van der Waals surface area contributed by atoms with Crippen LogP contribution in [0.5, 0.6) is 0 Å². The van der Waals surface area contributed by atoms with Crippen LogP contribution in [0.2, 0.25) is 5.02 Å². The lowest BCUT2D eigenvalue weighted by molar-refractivity contribution is 0.0559. The van der Waals surface area contributed by atoms with Gasteiger partial charge in [0, 0.05) is 7.11 Å². The first-order valence-electron chi connectivity index (χ1n) is 5.59. The van der Waals surface area contributed by atoms with Gasteiger partial charge in [-0.2, -0.15) is 0 Å². The zero-order valence-corrected chi connectivity index (χ0v) is 11.5. The van der Waals surface area contributed by atoms with Crippen LogP contribution < -0.4 is 0 Å². The monoisotopic (exact) mass is 299 g/mol. The van der Waals surface area contributed by atoms with E-state index in [1.54, 1.807) is 0 Å². The second-order valence-electron chi connectivity index (χ2n) is 3.82. The van der Waals surface area contributed by atoms with E-state index >= 15 is 0 Å². The van der Waals surface area contributed by atoms with Crippen molar-refractivity contribution in [3.05, 3.63) is 40.5 Å². The number of benzene rings is 1. The second-order valence-corrected chi connectivity index (χ2v) is 4.22. The Morgan fingerprint density at radius 3 is 2.80 bits per heavy atom. The van der Waals surface area contributed by atoms with Crippen LogP contribution in [0.3, 0.4) is 0 Å². The number of nitrogens with zero attached hydrogens (tertiary/aromatic N) is 1. The Balaban J connectivity index is 2.56. The SMILES string of the molecule is COCc1nc(-c2c(F)cccc2Cl)oc1C(=O)OC. The highest BCUT2D eigenvalue weighted by atomic mass is 35.5. The first-order valence-corrected chi connectivity index (χ1v) is 5.97. The molecular formula is C13H11ClFNO4. The summed E-state index contributed by atoms with van der Waals surface area (Å²) >= 11 is 5.93. The van der Waals surface area contributed by atoms with Gasteiger partial charge in [-0.15, -0.1) is 0 Å². The molecule has 0 spiro atoms. The lowest BCUT2D eigenvalue weighted by atomic mass is 10.2. The third kappa shape index (κ3) is 2.66. The molecule has 0 saturated heterocycles. The van der Waals surface area contributed by atoms with Gasteiger partial charge in [0.05, 0.1) is 24.3 Å². The fourth-order valence-electron chi connectivity index (χ4n) is 1.65. The minimum atomic E-state index is -0.719. The van der Waals surface area contributed by atoms with Crippen molar-refractivity contribution in [1.29, 1.82) is 0 Å². The van der Waals surface area contributed by atoms with Crippen molar-refractivity contribution in [2.24, 2.45) is 0 Å². The van der Waals surface area contributed by atoms with Crippen molar-refractivity contribution >= 4 is 17.6 Å². The maximum atomic E-state index is 13.8. The minimum absolute atomic E-state index is 0.0123. The molecule has 0 aliphatic heterocycles. The predicted molar refractivity (Wildman–Crippen MR) is 69.0 cm³/mol. The Labute approximate surface area is 119 Å². The predicted octanol–water partition coefficient (Wildman–Crippen LogP) is 3.07. The van der Waals surface area contributed by atoms with Crippen molar-refractivity contribution < 1.29 is 23.1 Å². The van der Waals surface area contributed by atoms with E-state index < -0.39 is 11.8 Å². The highest BCUT2D eigenvalue weighted by Gasteiger charge is 2.24. The van der Waals surface area contributed by atoms with Gasteiger partial charge in [-0.3, -0.25) is 0 Å². The topological polar surface area (TPSA) is 61.6 Å². The summed E-state index contributed by atoms with van der Waals surface area (Å²) in [7, 11) is 2.64. The van der Waals surface area contributed by atoms with Gasteiger partial charge in [0.1, 0.15) is 11.5 Å². The number of methoxy groups -OCH3 is 2. The molecule has 1 aromatic carbocycles. The summed E-state index contributed by atoms with van der Waals surface area (Å²) in [5, 5.41) is 0.131. The van der Waals surface area contributed by atoms with Crippen LogP contribution >= 0.6 is 11.6 Å². The summed E-state index contributed by atoms with van der Waals surface area (Å²) in [5.74, 6) is -1.55.